The van der Waals surface area contributed by atoms with Gasteiger partial charge in [0.15, 0.2) is 5.11 Å². The summed E-state index contributed by atoms with van der Waals surface area (Å²) in [5.74, 6) is 0. The van der Waals surface area contributed by atoms with E-state index in [1.165, 1.54) is 22.5 Å². The van der Waals surface area contributed by atoms with Crippen LogP contribution in [0.15, 0.2) is 79.3 Å². The van der Waals surface area contributed by atoms with Gasteiger partial charge in [0.2, 0.25) is 0 Å². The van der Waals surface area contributed by atoms with E-state index in [2.05, 4.69) is 81.0 Å². The van der Waals surface area contributed by atoms with Crippen LogP contribution in [0.1, 0.15) is 40.3 Å². The van der Waals surface area contributed by atoms with Crippen molar-refractivity contribution in [3.05, 3.63) is 107 Å². The van der Waals surface area contributed by atoms with Gasteiger partial charge in [0.25, 0.3) is 0 Å². The third-order valence-corrected chi connectivity index (χ3v) is 7.05. The van der Waals surface area contributed by atoms with Crippen LogP contribution in [-0.4, -0.2) is 33.7 Å². The van der Waals surface area contributed by atoms with Gasteiger partial charge < -0.3 is 19.7 Å². The summed E-state index contributed by atoms with van der Waals surface area (Å²) >= 11 is 5.91. The zero-order chi connectivity index (χ0) is 24.5. The van der Waals surface area contributed by atoms with Gasteiger partial charge in [-0.25, -0.2) is 0 Å². The summed E-state index contributed by atoms with van der Waals surface area (Å²) in [6.07, 6.45) is 5.59. The van der Waals surface area contributed by atoms with Crippen molar-refractivity contribution in [2.24, 2.45) is 0 Å². The van der Waals surface area contributed by atoms with Gasteiger partial charge in [0.1, 0.15) is 0 Å². The summed E-state index contributed by atoms with van der Waals surface area (Å²) in [6.45, 7) is 5.14. The van der Waals surface area contributed by atoms with Gasteiger partial charge in [-0.15, -0.1) is 0 Å². The molecule has 35 heavy (non-hydrogen) atoms. The van der Waals surface area contributed by atoms with Gasteiger partial charge in [-0.2, -0.15) is 0 Å². The number of hydrogen-bond donors (Lipinski definition) is 1. The van der Waals surface area contributed by atoms with Gasteiger partial charge in [-0.05, 0) is 85.7 Å². The van der Waals surface area contributed by atoms with Crippen molar-refractivity contribution in [3.8, 4) is 0 Å². The minimum absolute atomic E-state index is 0.0311. The number of benzene rings is 1. The van der Waals surface area contributed by atoms with Crippen molar-refractivity contribution in [1.29, 1.82) is 0 Å². The number of aromatic nitrogens is 3. The number of nitrogens with one attached hydrogen (secondary N) is 1. The van der Waals surface area contributed by atoms with E-state index in [1.807, 2.05) is 50.9 Å². The molecular weight excluding hydrogens is 452 g/mol. The second kappa shape index (κ2) is 9.50. The van der Waals surface area contributed by atoms with E-state index < -0.39 is 0 Å². The summed E-state index contributed by atoms with van der Waals surface area (Å²) in [5, 5.41) is 4.28. The van der Waals surface area contributed by atoms with Crippen LogP contribution < -0.4 is 15.1 Å². The molecule has 1 N–H and O–H groups in total. The smallest absolute Gasteiger partial charge is 0.174 e. The van der Waals surface area contributed by atoms with Crippen LogP contribution in [0.5, 0.6) is 0 Å². The van der Waals surface area contributed by atoms with Crippen molar-refractivity contribution in [2.75, 3.05) is 23.9 Å². The second-order valence-corrected chi connectivity index (χ2v) is 9.57. The second-order valence-electron chi connectivity index (χ2n) is 9.18. The standard InChI is InChI=1S/C28H30N6S/c1-19-16-24(20(2)33(19)18-21-8-7-14-29-17-21)27-26(25-9-5-6-15-30-25)31-28(35)34(27)23-12-10-22(11-13-23)32(3)4/h5-17,26-27H,18H2,1-4H3,(H,31,35)/t26-,27-/m1/s1. The number of nitrogens with zero attached hydrogens (tertiary/aromatic N) is 5. The minimum Gasteiger partial charge on any atom is -0.378 e. The van der Waals surface area contributed by atoms with Crippen molar-refractivity contribution in [3.63, 3.8) is 0 Å². The Morgan fingerprint density at radius 1 is 1.00 bits per heavy atom. The van der Waals surface area contributed by atoms with Crippen LogP contribution in [0.2, 0.25) is 0 Å². The van der Waals surface area contributed by atoms with Gasteiger partial charge in [0.05, 0.1) is 17.8 Å². The Labute approximate surface area is 212 Å². The van der Waals surface area contributed by atoms with E-state index >= 15 is 0 Å². The maximum atomic E-state index is 5.91. The van der Waals surface area contributed by atoms with Crippen LogP contribution in [0.4, 0.5) is 11.4 Å². The normalized spacial score (nSPS) is 17.5. The molecule has 1 saturated heterocycles. The van der Waals surface area contributed by atoms with E-state index in [0.717, 1.165) is 23.6 Å². The quantitative estimate of drug-likeness (QED) is 0.382. The Kier molecular flexibility index (Phi) is 6.26. The minimum atomic E-state index is -0.0652. The summed E-state index contributed by atoms with van der Waals surface area (Å²) < 4.78 is 2.36. The molecule has 0 radical (unpaired) electrons. The van der Waals surface area contributed by atoms with Gasteiger partial charge in [-0.1, -0.05) is 12.1 Å². The maximum absolute atomic E-state index is 5.91. The first-order valence-corrected chi connectivity index (χ1v) is 12.2. The van der Waals surface area contributed by atoms with E-state index in [9.17, 15) is 0 Å². The summed E-state index contributed by atoms with van der Waals surface area (Å²) in [4.78, 5) is 13.3. The molecule has 4 heterocycles. The van der Waals surface area contributed by atoms with E-state index in [4.69, 9.17) is 17.2 Å². The average molecular weight is 483 g/mol. The lowest BCUT2D eigenvalue weighted by molar-refractivity contribution is 0.563. The first kappa shape index (κ1) is 23.1. The number of anilines is 2. The maximum Gasteiger partial charge on any atom is 0.174 e. The molecule has 0 amide bonds. The van der Waals surface area contributed by atoms with Gasteiger partial charge >= 0.3 is 0 Å². The highest BCUT2D eigenvalue weighted by Gasteiger charge is 2.42. The highest BCUT2D eigenvalue weighted by Crippen LogP contribution is 2.43. The number of pyridine rings is 2. The van der Waals surface area contributed by atoms with Crippen LogP contribution >= 0.6 is 12.2 Å². The van der Waals surface area contributed by atoms with Crippen molar-refractivity contribution >= 4 is 28.7 Å². The molecule has 5 rings (SSSR count). The molecule has 0 spiro atoms. The predicted octanol–water partition coefficient (Wildman–Crippen LogP) is 5.19. The van der Waals surface area contributed by atoms with Crippen LogP contribution in [0.3, 0.4) is 0 Å². The fourth-order valence-electron chi connectivity index (χ4n) is 4.91. The van der Waals surface area contributed by atoms with Gasteiger partial charge in [-0.3, -0.25) is 9.97 Å². The number of thiocarbonyl (C=S) groups is 1. The average Bonchev–Trinajstić information content (AvgIpc) is 3.36. The molecule has 0 bridgehead atoms. The molecule has 4 aromatic rings. The Bertz CT molecular complexity index is 1320. The molecule has 1 aromatic carbocycles. The lowest BCUT2D eigenvalue weighted by Gasteiger charge is -2.28. The molecule has 1 aliphatic heterocycles. The predicted molar refractivity (Wildman–Crippen MR) is 146 cm³/mol. The molecule has 7 heteroatoms. The summed E-state index contributed by atoms with van der Waals surface area (Å²) in [7, 11) is 4.10. The highest BCUT2D eigenvalue weighted by atomic mass is 32.1. The van der Waals surface area contributed by atoms with Gasteiger partial charge in [0, 0.05) is 62.0 Å². The summed E-state index contributed by atoms with van der Waals surface area (Å²) in [5.41, 5.74) is 8.04. The SMILES string of the molecule is Cc1cc([C@@H]2[C@@H](c3ccccn3)NC(=S)N2c2ccc(N(C)C)cc2)c(C)n1Cc1cccnc1. The third-order valence-electron chi connectivity index (χ3n) is 6.74. The molecule has 0 unspecified atom stereocenters. The van der Waals surface area contributed by atoms with Crippen LogP contribution in [-0.2, 0) is 6.54 Å². The van der Waals surface area contributed by atoms with E-state index in [1.54, 1.807) is 0 Å². The number of aryl methyl sites for hydroxylation is 1. The molecule has 178 valence electrons. The fraction of sp³-hybridized carbons (Fsp3) is 0.250. The monoisotopic (exact) mass is 482 g/mol. The van der Waals surface area contributed by atoms with Crippen LogP contribution in [0.25, 0.3) is 0 Å². The molecule has 1 aliphatic rings. The van der Waals surface area contributed by atoms with E-state index in [0.29, 0.717) is 5.11 Å². The molecular formula is C28H30N6S. The number of rotatable bonds is 6. The van der Waals surface area contributed by atoms with Crippen molar-refractivity contribution in [1.82, 2.24) is 19.9 Å². The Morgan fingerprint density at radius 2 is 1.80 bits per heavy atom. The van der Waals surface area contributed by atoms with Crippen molar-refractivity contribution < 1.29 is 0 Å². The largest absolute Gasteiger partial charge is 0.378 e. The zero-order valence-corrected chi connectivity index (χ0v) is 21.3. The van der Waals surface area contributed by atoms with Crippen molar-refractivity contribution in [2.45, 2.75) is 32.5 Å². The molecule has 0 saturated carbocycles. The molecule has 3 aromatic heterocycles. The first-order chi connectivity index (χ1) is 16.9. The Hall–Kier alpha value is -3.71. The lowest BCUT2D eigenvalue weighted by atomic mass is 9.96. The van der Waals surface area contributed by atoms with Crippen LogP contribution in [0, 0.1) is 13.8 Å². The number of hydrogen-bond acceptors (Lipinski definition) is 4. The third kappa shape index (κ3) is 4.39. The summed E-state index contributed by atoms with van der Waals surface area (Å²) in [6, 6.07) is 20.9. The zero-order valence-electron chi connectivity index (χ0n) is 20.5. The molecule has 0 aliphatic carbocycles. The van der Waals surface area contributed by atoms with E-state index in [-0.39, 0.29) is 12.1 Å². The highest BCUT2D eigenvalue weighted by molar-refractivity contribution is 7.80. The molecule has 2 atom stereocenters. The fourth-order valence-corrected chi connectivity index (χ4v) is 5.25. The topological polar surface area (TPSA) is 49.2 Å². The Morgan fingerprint density at radius 3 is 2.46 bits per heavy atom. The molecule has 1 fully saturated rings. The first-order valence-electron chi connectivity index (χ1n) is 11.8. The lowest BCUT2D eigenvalue weighted by Crippen LogP contribution is -2.29. The molecule has 6 nitrogen and oxygen atoms in total. The Balaban J connectivity index is 1.60.